The van der Waals surface area contributed by atoms with Crippen molar-refractivity contribution in [3.63, 3.8) is 0 Å². The number of hydrogen-bond acceptors (Lipinski definition) is 2. The second-order valence-electron chi connectivity index (χ2n) is 7.73. The Morgan fingerprint density at radius 1 is 0.848 bits per heavy atom. The van der Waals surface area contributed by atoms with Crippen LogP contribution in [0, 0.1) is 17.5 Å². The third-order valence-corrected chi connectivity index (χ3v) is 5.45. The molecule has 0 saturated carbocycles. The van der Waals surface area contributed by atoms with Crippen molar-refractivity contribution in [2.75, 3.05) is 0 Å². The number of benzene rings is 2. The summed E-state index contributed by atoms with van der Waals surface area (Å²) in [5, 5.41) is 0. The van der Waals surface area contributed by atoms with Crippen molar-refractivity contribution < 1.29 is 22.0 Å². The molecule has 0 bridgehead atoms. The van der Waals surface area contributed by atoms with Gasteiger partial charge >= 0.3 is 0 Å². The lowest BCUT2D eigenvalue weighted by molar-refractivity contribution is 0.253. The van der Waals surface area contributed by atoms with Crippen LogP contribution in [0.5, 0.6) is 0 Å². The molecule has 3 nitrogen and oxygen atoms in total. The average molecular weight is 453 g/mol. The Morgan fingerprint density at radius 3 is 2.33 bits per heavy atom. The topological polar surface area (TPSA) is 30.7 Å². The molecule has 8 heteroatoms. The van der Waals surface area contributed by atoms with Crippen LogP contribution in [-0.4, -0.2) is 26.9 Å². The van der Waals surface area contributed by atoms with Gasteiger partial charge in [0.1, 0.15) is 23.1 Å². The molecular weight excluding hydrogens is 437 g/mol. The summed E-state index contributed by atoms with van der Waals surface area (Å²) in [5.74, 6) is -2.09. The number of aromatic nitrogens is 3. The van der Waals surface area contributed by atoms with Gasteiger partial charge < -0.3 is 4.57 Å². The van der Waals surface area contributed by atoms with Crippen LogP contribution in [0.3, 0.4) is 0 Å². The number of fused-ring (bicyclic) bond motifs is 1. The fourth-order valence-electron chi connectivity index (χ4n) is 3.80. The third kappa shape index (κ3) is 4.04. The Bertz CT molecular complexity index is 1370. The lowest BCUT2D eigenvalue weighted by Gasteiger charge is -2.14. The molecule has 5 rings (SSSR count). The van der Waals surface area contributed by atoms with E-state index in [0.717, 1.165) is 12.1 Å². The predicted molar refractivity (Wildman–Crippen MR) is 114 cm³/mol. The lowest BCUT2D eigenvalue weighted by Crippen LogP contribution is -2.19. The summed E-state index contributed by atoms with van der Waals surface area (Å²) in [5.41, 5.74) is 1.70. The molecule has 0 amide bonds. The molecule has 2 atom stereocenters. The highest BCUT2D eigenvalue weighted by molar-refractivity contribution is 5.72. The first-order valence-electron chi connectivity index (χ1n) is 10.1. The van der Waals surface area contributed by atoms with E-state index in [9.17, 15) is 22.0 Å². The predicted octanol–water partition coefficient (Wildman–Crippen LogP) is 6.14. The van der Waals surface area contributed by atoms with E-state index in [4.69, 9.17) is 0 Å². The van der Waals surface area contributed by atoms with Crippen molar-refractivity contribution in [1.82, 2.24) is 14.5 Å². The van der Waals surface area contributed by atoms with Crippen molar-refractivity contribution in [3.8, 4) is 22.5 Å². The smallest absolute Gasteiger partial charge is 0.163 e. The number of nitrogens with zero attached hydrogens (tertiary/aromatic N) is 3. The third-order valence-electron chi connectivity index (χ3n) is 5.45. The molecule has 2 unspecified atom stereocenters. The Kier molecular flexibility index (Phi) is 5.28. The molecule has 33 heavy (non-hydrogen) atoms. The molecule has 0 aromatic heterocycles. The minimum Gasteiger partial charge on any atom is -0.348 e. The average Bonchev–Trinajstić information content (AvgIpc) is 3.19. The van der Waals surface area contributed by atoms with Gasteiger partial charge in [-0.2, -0.15) is 0 Å². The zero-order chi connectivity index (χ0) is 23.1. The largest absolute Gasteiger partial charge is 0.348 e. The van der Waals surface area contributed by atoms with Crippen molar-refractivity contribution >= 4 is 5.57 Å². The molecular formula is C25H16F5N3. The van der Waals surface area contributed by atoms with Gasteiger partial charge in [-0.25, -0.2) is 31.9 Å². The molecule has 0 N–H and O–H groups in total. The molecule has 0 saturated heterocycles. The zero-order valence-corrected chi connectivity index (χ0v) is 17.0. The maximum Gasteiger partial charge on any atom is 0.163 e. The summed E-state index contributed by atoms with van der Waals surface area (Å²) in [6, 6.07) is 9.04. The minimum absolute atomic E-state index is 0.0253. The van der Waals surface area contributed by atoms with Gasteiger partial charge in [0.15, 0.2) is 18.2 Å². The summed E-state index contributed by atoms with van der Waals surface area (Å²) in [6.45, 7) is 0.283. The quantitative estimate of drug-likeness (QED) is 0.347. The van der Waals surface area contributed by atoms with Gasteiger partial charge in [0.05, 0.1) is 5.69 Å². The van der Waals surface area contributed by atoms with Crippen LogP contribution < -0.4 is 0 Å². The Labute approximate surface area is 185 Å². The maximum atomic E-state index is 14.7. The van der Waals surface area contributed by atoms with Gasteiger partial charge in [0, 0.05) is 41.7 Å². The second kappa shape index (κ2) is 8.27. The van der Waals surface area contributed by atoms with Gasteiger partial charge in [0.25, 0.3) is 0 Å². The van der Waals surface area contributed by atoms with Crippen molar-refractivity contribution in [2.45, 2.75) is 18.9 Å². The van der Waals surface area contributed by atoms with Crippen LogP contribution >= 0.6 is 0 Å². The fourth-order valence-corrected chi connectivity index (χ4v) is 3.80. The molecule has 2 heterocycles. The molecule has 2 aromatic carbocycles. The molecule has 0 spiro atoms. The number of pyridine rings is 1. The fraction of sp³-hybridized carbons (Fsp3) is 0.120. The van der Waals surface area contributed by atoms with Gasteiger partial charge in [-0.15, -0.1) is 0 Å². The van der Waals surface area contributed by atoms with E-state index >= 15 is 0 Å². The first-order valence-corrected chi connectivity index (χ1v) is 10.1. The highest BCUT2D eigenvalue weighted by Crippen LogP contribution is 2.31. The molecule has 0 fully saturated rings. The van der Waals surface area contributed by atoms with Crippen LogP contribution in [0.2, 0.25) is 0 Å². The summed E-state index contributed by atoms with van der Waals surface area (Å²) >= 11 is 0. The van der Waals surface area contributed by atoms with Gasteiger partial charge in [-0.1, -0.05) is 24.3 Å². The highest BCUT2D eigenvalue weighted by atomic mass is 19.2. The van der Waals surface area contributed by atoms with E-state index in [0.29, 0.717) is 23.0 Å². The summed E-state index contributed by atoms with van der Waals surface area (Å²) < 4.78 is 71.4. The zero-order valence-electron chi connectivity index (χ0n) is 17.0. The van der Waals surface area contributed by atoms with Gasteiger partial charge in [-0.05, 0) is 35.9 Å². The monoisotopic (exact) mass is 453 g/mol. The van der Waals surface area contributed by atoms with Crippen molar-refractivity contribution in [2.24, 2.45) is 0 Å². The van der Waals surface area contributed by atoms with Crippen molar-refractivity contribution in [1.29, 1.82) is 0 Å². The van der Waals surface area contributed by atoms with E-state index in [1.54, 1.807) is 29.1 Å². The molecule has 2 aliphatic heterocycles. The van der Waals surface area contributed by atoms with E-state index < -0.39 is 29.8 Å². The molecule has 3 aliphatic rings. The van der Waals surface area contributed by atoms with E-state index in [2.05, 4.69) is 9.97 Å². The second-order valence-corrected chi connectivity index (χ2v) is 7.73. The SMILES string of the molecule is Fc1ccc(-c2ccc(Cn3ccc4nc(C5=CC=CC(F)C5F)nc-4c3)cc2F)c(F)c1. The van der Waals surface area contributed by atoms with E-state index in [1.807, 2.05) is 0 Å². The normalized spacial score (nSPS) is 18.0. The van der Waals surface area contributed by atoms with Gasteiger partial charge in [-0.3, -0.25) is 0 Å². The van der Waals surface area contributed by atoms with E-state index in [-0.39, 0.29) is 29.1 Å². The molecule has 166 valence electrons. The highest BCUT2D eigenvalue weighted by Gasteiger charge is 2.29. The Hall–Kier alpha value is -3.81. The van der Waals surface area contributed by atoms with Crippen LogP contribution in [0.15, 0.2) is 73.1 Å². The number of allylic oxidation sites excluding steroid dienone is 4. The van der Waals surface area contributed by atoms with Crippen LogP contribution in [0.4, 0.5) is 22.0 Å². The summed E-state index contributed by atoms with van der Waals surface area (Å²) in [6.07, 6.45) is 3.86. The molecule has 0 radical (unpaired) electrons. The number of halogens is 5. The Morgan fingerprint density at radius 2 is 1.58 bits per heavy atom. The van der Waals surface area contributed by atoms with E-state index in [1.165, 1.54) is 30.4 Å². The maximum absolute atomic E-state index is 14.7. The van der Waals surface area contributed by atoms with Crippen molar-refractivity contribution in [3.05, 3.63) is 102 Å². The number of rotatable bonds is 4. The first kappa shape index (κ1) is 21.1. The Balaban J connectivity index is 1.40. The summed E-state index contributed by atoms with van der Waals surface area (Å²) in [4.78, 5) is 8.61. The molecule has 2 aromatic rings. The minimum atomic E-state index is -1.83. The lowest BCUT2D eigenvalue weighted by atomic mass is 10.0. The van der Waals surface area contributed by atoms with Crippen LogP contribution in [0.1, 0.15) is 11.4 Å². The summed E-state index contributed by atoms with van der Waals surface area (Å²) in [7, 11) is 0. The molecule has 1 aliphatic carbocycles. The standard InChI is InChI=1S/C25H16F5N3/c26-15-5-7-17(21(29)11-15)16-6-4-14(10-20(16)28)12-33-9-8-22-23(13-33)32-25(31-22)18-2-1-3-19(27)24(18)30/h1-11,13,19,24H,12H2. The number of imidazole rings is 1. The van der Waals surface area contributed by atoms with Gasteiger partial charge in [0.2, 0.25) is 0 Å². The number of hydrogen-bond donors (Lipinski definition) is 0. The van der Waals surface area contributed by atoms with Crippen LogP contribution in [-0.2, 0) is 6.54 Å². The van der Waals surface area contributed by atoms with Crippen LogP contribution in [0.25, 0.3) is 28.1 Å². The first-order chi connectivity index (χ1) is 15.9. The number of alkyl halides is 2.